The van der Waals surface area contributed by atoms with Crippen LogP contribution in [0.25, 0.3) is 0 Å². The van der Waals surface area contributed by atoms with Gasteiger partial charge in [0, 0.05) is 31.4 Å². The van der Waals surface area contributed by atoms with Crippen molar-refractivity contribution in [1.29, 1.82) is 0 Å². The molecule has 2 fully saturated rings. The van der Waals surface area contributed by atoms with Gasteiger partial charge in [0.1, 0.15) is 5.54 Å². The number of ketones is 1. The van der Waals surface area contributed by atoms with E-state index in [2.05, 4.69) is 4.98 Å². The lowest BCUT2D eigenvalue weighted by Gasteiger charge is -2.35. The largest absolute Gasteiger partial charge is 0.369 e. The van der Waals surface area contributed by atoms with E-state index in [0.29, 0.717) is 35.7 Å². The molecule has 0 radical (unpaired) electrons. The minimum atomic E-state index is -0.698. The molecule has 0 saturated heterocycles. The molecule has 0 spiro atoms. The van der Waals surface area contributed by atoms with E-state index in [-0.39, 0.29) is 11.7 Å². The molecule has 1 aromatic heterocycles. The van der Waals surface area contributed by atoms with Crippen LogP contribution in [0.5, 0.6) is 0 Å². The highest BCUT2D eigenvalue weighted by molar-refractivity contribution is 6.06. The molecule has 2 aliphatic carbocycles. The molecule has 4 rings (SSSR count). The second kappa shape index (κ2) is 10.1. The van der Waals surface area contributed by atoms with Crippen molar-refractivity contribution >= 4 is 17.6 Å². The van der Waals surface area contributed by atoms with Crippen LogP contribution in [0.15, 0.2) is 29.5 Å². The number of carbonyl (C=O) groups is 2. The fraction of sp³-hybridized carbons (Fsp3) is 0.692. The van der Waals surface area contributed by atoms with E-state index in [9.17, 15) is 9.59 Å². The van der Waals surface area contributed by atoms with Crippen LogP contribution in [0.4, 0.5) is 0 Å². The van der Waals surface area contributed by atoms with E-state index >= 15 is 0 Å². The minimum Gasteiger partial charge on any atom is -0.369 e. The Morgan fingerprint density at radius 2 is 1.88 bits per heavy atom. The first-order valence-corrected chi connectivity index (χ1v) is 12.5. The number of Topliss-reactive ketones (excluding diaryl/α,β-unsaturated/α-hetero) is 1. The van der Waals surface area contributed by atoms with Crippen LogP contribution in [0, 0.1) is 17.8 Å². The third-order valence-corrected chi connectivity index (χ3v) is 8.04. The van der Waals surface area contributed by atoms with Gasteiger partial charge in [0.25, 0.3) is 5.91 Å². The number of amides is 1. The van der Waals surface area contributed by atoms with E-state index in [4.69, 9.17) is 10.7 Å². The predicted octanol–water partition coefficient (Wildman–Crippen LogP) is 4.74. The van der Waals surface area contributed by atoms with Gasteiger partial charge in [-0.05, 0) is 62.0 Å². The summed E-state index contributed by atoms with van der Waals surface area (Å²) in [6, 6.07) is 3.66. The topological polar surface area (TPSA) is 88.7 Å². The first-order valence-electron chi connectivity index (χ1n) is 12.5. The van der Waals surface area contributed by atoms with Crippen LogP contribution >= 0.6 is 0 Å². The normalized spacial score (nSPS) is 29.2. The van der Waals surface area contributed by atoms with E-state index in [1.807, 2.05) is 12.1 Å². The molecule has 0 aromatic carbocycles. The number of carbonyl (C=O) groups excluding carboxylic acids is 2. The lowest BCUT2D eigenvalue weighted by Crippen LogP contribution is -2.44. The molecule has 1 aromatic rings. The van der Waals surface area contributed by atoms with Crippen molar-refractivity contribution in [1.82, 2.24) is 9.88 Å². The molecule has 2 heterocycles. The van der Waals surface area contributed by atoms with Crippen LogP contribution in [-0.2, 0) is 4.79 Å². The summed E-state index contributed by atoms with van der Waals surface area (Å²) < 4.78 is 0. The van der Waals surface area contributed by atoms with Gasteiger partial charge in [-0.25, -0.2) is 4.99 Å². The summed E-state index contributed by atoms with van der Waals surface area (Å²) in [6.45, 7) is 0. The number of aliphatic imine (C=N–C) groups is 1. The van der Waals surface area contributed by atoms with Crippen molar-refractivity contribution in [2.45, 2.75) is 89.0 Å². The van der Waals surface area contributed by atoms with E-state index < -0.39 is 5.54 Å². The highest BCUT2D eigenvalue weighted by atomic mass is 16.2. The van der Waals surface area contributed by atoms with Crippen molar-refractivity contribution < 1.29 is 9.59 Å². The van der Waals surface area contributed by atoms with Crippen molar-refractivity contribution in [3.05, 3.63) is 30.1 Å². The zero-order chi connectivity index (χ0) is 22.6. The van der Waals surface area contributed by atoms with Crippen LogP contribution in [-0.4, -0.2) is 40.1 Å². The number of pyridine rings is 1. The average Bonchev–Trinajstić information content (AvgIpc) is 3.03. The van der Waals surface area contributed by atoms with Crippen molar-refractivity contribution in [3.63, 3.8) is 0 Å². The maximum absolute atomic E-state index is 13.3. The summed E-state index contributed by atoms with van der Waals surface area (Å²) >= 11 is 0. The monoisotopic (exact) mass is 438 g/mol. The van der Waals surface area contributed by atoms with Gasteiger partial charge in [-0.3, -0.25) is 19.5 Å². The zero-order valence-electron chi connectivity index (χ0n) is 19.5. The molecule has 174 valence electrons. The molecule has 6 heteroatoms. The Balaban J connectivity index is 1.41. The molecular formula is C26H38N4O2. The molecule has 0 bridgehead atoms. The number of hydrogen-bond donors (Lipinski definition) is 1. The highest BCUT2D eigenvalue weighted by Crippen LogP contribution is 2.42. The maximum Gasteiger partial charge on any atom is 0.257 e. The van der Waals surface area contributed by atoms with E-state index in [0.717, 1.165) is 44.9 Å². The van der Waals surface area contributed by atoms with Gasteiger partial charge in [0.2, 0.25) is 0 Å². The summed E-state index contributed by atoms with van der Waals surface area (Å²) in [5, 5.41) is 0. The van der Waals surface area contributed by atoms with Gasteiger partial charge >= 0.3 is 0 Å². The van der Waals surface area contributed by atoms with Gasteiger partial charge < -0.3 is 5.73 Å². The van der Waals surface area contributed by atoms with Crippen molar-refractivity contribution in [2.24, 2.45) is 28.5 Å². The maximum atomic E-state index is 13.3. The van der Waals surface area contributed by atoms with Crippen LogP contribution < -0.4 is 5.73 Å². The Morgan fingerprint density at radius 1 is 1.12 bits per heavy atom. The number of hydrogen-bond acceptors (Lipinski definition) is 5. The molecule has 32 heavy (non-hydrogen) atoms. The quantitative estimate of drug-likeness (QED) is 0.594. The zero-order valence-corrected chi connectivity index (χ0v) is 19.5. The van der Waals surface area contributed by atoms with Gasteiger partial charge in [-0.15, -0.1) is 0 Å². The molecule has 3 aliphatic rings. The third kappa shape index (κ3) is 5.21. The standard InChI is InChI=1S/C26H38N4O2/c1-30-24(32)26(29-25(30)27,13-12-19-7-3-2-4-8-19)17-21-10-5-9-20(15-21)16-23(31)22-11-6-14-28-18-22/h6,11,14,18-21H,2-5,7-10,12-13,15-17H2,1H3,(H2,27,29)/t20-,21+,26-/m1/s1. The number of nitrogens with zero attached hydrogens (tertiary/aromatic N) is 3. The molecule has 2 N–H and O–H groups in total. The molecule has 3 atom stereocenters. The number of nitrogens with two attached hydrogens (primary N) is 1. The Labute approximate surface area is 192 Å². The predicted molar refractivity (Wildman–Crippen MR) is 126 cm³/mol. The lowest BCUT2D eigenvalue weighted by atomic mass is 9.71. The molecular weight excluding hydrogens is 400 g/mol. The van der Waals surface area contributed by atoms with Gasteiger partial charge in [-0.2, -0.15) is 0 Å². The summed E-state index contributed by atoms with van der Waals surface area (Å²) in [5.41, 5.74) is 6.12. The van der Waals surface area contributed by atoms with Crippen LogP contribution in [0.3, 0.4) is 0 Å². The second-order valence-electron chi connectivity index (χ2n) is 10.4. The fourth-order valence-corrected chi connectivity index (χ4v) is 6.23. The van der Waals surface area contributed by atoms with Crippen LogP contribution in [0.2, 0.25) is 0 Å². The molecule has 6 nitrogen and oxygen atoms in total. The number of likely N-dealkylation sites (N-methyl/N-ethyl adjacent to an activating group) is 1. The number of aromatic nitrogens is 1. The first-order chi connectivity index (χ1) is 15.5. The molecule has 1 amide bonds. The average molecular weight is 439 g/mol. The minimum absolute atomic E-state index is 0.0689. The lowest BCUT2D eigenvalue weighted by molar-refractivity contribution is -0.131. The Kier molecular flexibility index (Phi) is 7.27. The third-order valence-electron chi connectivity index (χ3n) is 8.04. The summed E-state index contributed by atoms with van der Waals surface area (Å²) in [6.07, 6.45) is 17.4. The Hall–Kier alpha value is -2.24. The number of guanidine groups is 1. The first kappa shape index (κ1) is 22.9. The van der Waals surface area contributed by atoms with Gasteiger partial charge in [-0.1, -0.05) is 44.9 Å². The van der Waals surface area contributed by atoms with Gasteiger partial charge in [0.15, 0.2) is 11.7 Å². The summed E-state index contributed by atoms with van der Waals surface area (Å²) in [4.78, 5) is 36.4. The second-order valence-corrected chi connectivity index (χ2v) is 10.4. The van der Waals surface area contributed by atoms with Gasteiger partial charge in [0.05, 0.1) is 0 Å². The highest BCUT2D eigenvalue weighted by Gasteiger charge is 2.48. The summed E-state index contributed by atoms with van der Waals surface area (Å²) in [7, 11) is 1.75. The van der Waals surface area contributed by atoms with Crippen LogP contribution in [0.1, 0.15) is 93.8 Å². The SMILES string of the molecule is CN1C(=O)[C@@](CCC2CCCCC2)(C[C@H]2CCC[C@@H](CC(=O)c3cccnc3)C2)N=C1N. The number of rotatable bonds is 8. The van der Waals surface area contributed by atoms with Crippen molar-refractivity contribution in [3.8, 4) is 0 Å². The Morgan fingerprint density at radius 3 is 2.56 bits per heavy atom. The molecule has 1 aliphatic heterocycles. The molecule has 2 saturated carbocycles. The van der Waals surface area contributed by atoms with E-state index in [1.165, 1.54) is 32.1 Å². The Bertz CT molecular complexity index is 833. The molecule has 0 unspecified atom stereocenters. The summed E-state index contributed by atoms with van der Waals surface area (Å²) in [5.74, 6) is 2.10. The van der Waals surface area contributed by atoms with Crippen molar-refractivity contribution in [2.75, 3.05) is 7.05 Å². The van der Waals surface area contributed by atoms with E-state index in [1.54, 1.807) is 24.3 Å². The smallest absolute Gasteiger partial charge is 0.257 e. The fourth-order valence-electron chi connectivity index (χ4n) is 6.23.